The minimum absolute atomic E-state index is 0.300. The third-order valence-corrected chi connectivity index (χ3v) is 1.70. The summed E-state index contributed by atoms with van der Waals surface area (Å²) in [7, 11) is 0. The summed E-state index contributed by atoms with van der Waals surface area (Å²) in [5.74, 6) is 0. The molecule has 0 saturated carbocycles. The molecule has 0 aliphatic rings. The van der Waals surface area contributed by atoms with E-state index in [0.717, 1.165) is 4.99 Å². The van der Waals surface area contributed by atoms with E-state index < -0.39 is 0 Å². The molecule has 3 heteroatoms. The second kappa shape index (κ2) is 3.25. The number of hydrogen-bond donors (Lipinski definition) is 0. The first kappa shape index (κ1) is 8.18. The maximum atomic E-state index is 5.64. The fourth-order valence-corrected chi connectivity index (χ4v) is 0.574. The second-order valence-electron chi connectivity index (χ2n) is 1.92. The Bertz CT molecular complexity index is 92.4. The summed E-state index contributed by atoms with van der Waals surface area (Å²) in [6.45, 7) is 5.79. The van der Waals surface area contributed by atoms with Gasteiger partial charge in [0, 0.05) is 17.8 Å². The van der Waals surface area contributed by atoms with Gasteiger partial charge >= 0.3 is 0 Å². The topological polar surface area (TPSA) is 3.24 Å². The molecule has 0 unspecified atom stereocenters. The van der Waals surface area contributed by atoms with E-state index in [0.29, 0.717) is 6.04 Å². The Kier molecular flexibility index (Phi) is 3.33. The molecule has 8 heavy (non-hydrogen) atoms. The maximum Gasteiger partial charge on any atom is 0.0898 e. The van der Waals surface area contributed by atoms with Crippen LogP contribution in [0.1, 0.15) is 20.8 Å². The van der Waals surface area contributed by atoms with E-state index in [1.165, 1.54) is 4.42 Å². The van der Waals surface area contributed by atoms with Crippen molar-refractivity contribution < 1.29 is 0 Å². The Morgan fingerprint density at radius 1 is 1.62 bits per heavy atom. The van der Waals surface area contributed by atoms with Crippen molar-refractivity contribution in [2.45, 2.75) is 26.8 Å². The fraction of sp³-hybridized carbons (Fsp3) is 0.800. The summed E-state index contributed by atoms with van der Waals surface area (Å²) in [6.07, 6.45) is 0. The number of hydrogen-bond acceptors (Lipinski definition) is 1. The van der Waals surface area contributed by atoms with E-state index in [4.69, 9.17) is 24.0 Å². The Morgan fingerprint density at radius 2 is 2.00 bits per heavy atom. The molecular formula is C5H10ClNS. The van der Waals surface area contributed by atoms with Crippen LogP contribution in [0, 0.1) is 0 Å². The zero-order valence-corrected chi connectivity index (χ0v) is 6.88. The van der Waals surface area contributed by atoms with Crippen molar-refractivity contribution in [3.05, 3.63) is 0 Å². The monoisotopic (exact) mass is 151 g/mol. The molecule has 1 nitrogen and oxygen atoms in total. The number of rotatable bonds is 1. The molecule has 0 aromatic heterocycles. The van der Waals surface area contributed by atoms with Gasteiger partial charge in [0.15, 0.2) is 0 Å². The maximum absolute atomic E-state index is 5.64. The van der Waals surface area contributed by atoms with E-state index in [9.17, 15) is 0 Å². The standard InChI is InChI=1S/C5H10ClNS/c1-4(2)7(6)5(3)8/h4H,1-3H3. The van der Waals surface area contributed by atoms with Crippen LogP contribution in [0.15, 0.2) is 0 Å². The van der Waals surface area contributed by atoms with Gasteiger partial charge in [-0.2, -0.15) is 0 Å². The quantitative estimate of drug-likeness (QED) is 0.418. The first-order valence-corrected chi connectivity index (χ1v) is 3.26. The third kappa shape index (κ3) is 2.48. The summed E-state index contributed by atoms with van der Waals surface area (Å²) in [4.78, 5) is 0.724. The van der Waals surface area contributed by atoms with E-state index >= 15 is 0 Å². The van der Waals surface area contributed by atoms with Gasteiger partial charge in [-0.05, 0) is 20.8 Å². The van der Waals surface area contributed by atoms with Crippen LogP contribution in [0.2, 0.25) is 0 Å². The number of halogens is 1. The zero-order valence-electron chi connectivity index (χ0n) is 5.31. The van der Waals surface area contributed by atoms with Crippen LogP contribution in [0.5, 0.6) is 0 Å². The number of nitrogens with zero attached hydrogens (tertiary/aromatic N) is 1. The smallest absolute Gasteiger partial charge is 0.0898 e. The van der Waals surface area contributed by atoms with Crippen LogP contribution in [-0.2, 0) is 0 Å². The van der Waals surface area contributed by atoms with Crippen LogP contribution in [0.4, 0.5) is 0 Å². The normalized spacial score (nSPS) is 9.62. The summed E-state index contributed by atoms with van der Waals surface area (Å²) in [6, 6.07) is 0.300. The van der Waals surface area contributed by atoms with Crippen molar-refractivity contribution in [2.24, 2.45) is 0 Å². The molecule has 0 atom stereocenters. The van der Waals surface area contributed by atoms with Crippen LogP contribution in [-0.4, -0.2) is 15.4 Å². The minimum Gasteiger partial charge on any atom is -0.277 e. The SMILES string of the molecule is CC(=S)N(Cl)C(C)C. The predicted molar refractivity (Wildman–Crippen MR) is 41.1 cm³/mol. The summed E-state index contributed by atoms with van der Waals surface area (Å²) < 4.78 is 1.54. The highest BCUT2D eigenvalue weighted by Crippen LogP contribution is 2.02. The van der Waals surface area contributed by atoms with Crippen molar-refractivity contribution in [3.8, 4) is 0 Å². The minimum atomic E-state index is 0.300. The molecule has 0 heterocycles. The lowest BCUT2D eigenvalue weighted by Crippen LogP contribution is -2.23. The Morgan fingerprint density at radius 3 is 2.00 bits per heavy atom. The van der Waals surface area contributed by atoms with Crippen molar-refractivity contribution >= 4 is 29.0 Å². The van der Waals surface area contributed by atoms with Crippen molar-refractivity contribution in [3.63, 3.8) is 0 Å². The highest BCUT2D eigenvalue weighted by atomic mass is 35.5. The average Bonchev–Trinajstić information content (AvgIpc) is 1.64. The predicted octanol–water partition coefficient (Wildman–Crippen LogP) is 2.20. The zero-order chi connectivity index (χ0) is 6.73. The lowest BCUT2D eigenvalue weighted by Gasteiger charge is -2.17. The highest BCUT2D eigenvalue weighted by Gasteiger charge is 2.03. The molecule has 0 radical (unpaired) electrons. The van der Waals surface area contributed by atoms with Crippen molar-refractivity contribution in [1.29, 1.82) is 0 Å². The largest absolute Gasteiger partial charge is 0.277 e. The molecule has 0 spiro atoms. The van der Waals surface area contributed by atoms with E-state index in [-0.39, 0.29) is 0 Å². The molecule has 0 fully saturated rings. The lowest BCUT2D eigenvalue weighted by molar-refractivity contribution is 0.541. The molecule has 0 bridgehead atoms. The fourth-order valence-electron chi connectivity index (χ4n) is 0.364. The van der Waals surface area contributed by atoms with Gasteiger partial charge in [-0.15, -0.1) is 0 Å². The van der Waals surface area contributed by atoms with Crippen molar-refractivity contribution in [1.82, 2.24) is 4.42 Å². The van der Waals surface area contributed by atoms with Gasteiger partial charge in [0.25, 0.3) is 0 Å². The van der Waals surface area contributed by atoms with Gasteiger partial charge in [-0.1, -0.05) is 12.2 Å². The van der Waals surface area contributed by atoms with Crippen LogP contribution in [0.3, 0.4) is 0 Å². The Labute approximate surface area is 60.7 Å². The molecule has 0 rings (SSSR count). The van der Waals surface area contributed by atoms with Crippen LogP contribution >= 0.6 is 24.0 Å². The molecule has 0 aliphatic heterocycles. The van der Waals surface area contributed by atoms with E-state index in [1.54, 1.807) is 0 Å². The van der Waals surface area contributed by atoms with Crippen LogP contribution in [0.25, 0.3) is 0 Å². The molecule has 0 saturated heterocycles. The van der Waals surface area contributed by atoms with Gasteiger partial charge in [-0.3, -0.25) is 4.42 Å². The molecule has 0 amide bonds. The van der Waals surface area contributed by atoms with Gasteiger partial charge in [0.05, 0.1) is 4.99 Å². The summed E-state index contributed by atoms with van der Waals surface area (Å²) in [5, 5.41) is 0. The number of thiocarbonyl (C=S) groups is 1. The summed E-state index contributed by atoms with van der Waals surface area (Å²) >= 11 is 10.4. The molecule has 0 aromatic carbocycles. The lowest BCUT2D eigenvalue weighted by atomic mass is 10.4. The Hall–Kier alpha value is 0.180. The third-order valence-electron chi connectivity index (χ3n) is 0.754. The molecule has 0 aliphatic carbocycles. The van der Waals surface area contributed by atoms with E-state index in [2.05, 4.69) is 0 Å². The summed E-state index contributed by atoms with van der Waals surface area (Å²) in [5.41, 5.74) is 0. The van der Waals surface area contributed by atoms with Gasteiger partial charge < -0.3 is 0 Å². The van der Waals surface area contributed by atoms with Crippen molar-refractivity contribution in [2.75, 3.05) is 0 Å². The second-order valence-corrected chi connectivity index (χ2v) is 2.88. The molecular weight excluding hydrogens is 142 g/mol. The average molecular weight is 152 g/mol. The molecule has 48 valence electrons. The van der Waals surface area contributed by atoms with Gasteiger partial charge in [-0.25, -0.2) is 0 Å². The van der Waals surface area contributed by atoms with E-state index in [1.807, 2.05) is 20.8 Å². The molecule has 0 aromatic rings. The highest BCUT2D eigenvalue weighted by molar-refractivity contribution is 7.80. The molecule has 0 N–H and O–H groups in total. The van der Waals surface area contributed by atoms with Crippen LogP contribution < -0.4 is 0 Å². The first-order chi connectivity index (χ1) is 3.55. The Balaban J connectivity index is 3.64. The van der Waals surface area contributed by atoms with Gasteiger partial charge in [0.2, 0.25) is 0 Å². The first-order valence-electron chi connectivity index (χ1n) is 2.51. The van der Waals surface area contributed by atoms with Gasteiger partial charge in [0.1, 0.15) is 0 Å².